The molecule has 0 saturated heterocycles. The summed E-state index contributed by atoms with van der Waals surface area (Å²) < 4.78 is 15.6. The molecule has 1 amide bonds. The van der Waals surface area contributed by atoms with Crippen LogP contribution in [0, 0.1) is 5.82 Å². The number of rotatable bonds is 4. The van der Waals surface area contributed by atoms with Gasteiger partial charge in [0.05, 0.1) is 10.2 Å². The van der Waals surface area contributed by atoms with Crippen molar-refractivity contribution in [2.75, 3.05) is 0 Å². The highest BCUT2D eigenvalue weighted by Crippen LogP contribution is 2.16. The summed E-state index contributed by atoms with van der Waals surface area (Å²) in [6.45, 7) is 0.353. The van der Waals surface area contributed by atoms with Crippen LogP contribution in [0.4, 0.5) is 4.39 Å². The van der Waals surface area contributed by atoms with Gasteiger partial charge in [-0.1, -0.05) is 12.1 Å². The fourth-order valence-corrected chi connectivity index (χ4v) is 2.40. The topological polar surface area (TPSA) is 46.9 Å². The predicted octanol–water partition coefficient (Wildman–Crippen LogP) is 3.70. The van der Waals surface area contributed by atoms with Crippen LogP contribution in [0.3, 0.4) is 0 Å². The summed E-state index contributed by atoms with van der Waals surface area (Å²) in [5, 5.41) is 6.96. The molecule has 0 aliphatic carbocycles. The highest BCUT2D eigenvalue weighted by atomic mass is 79.9. The maximum absolute atomic E-state index is 13.5. The Morgan fingerprint density at radius 2 is 2.09 bits per heavy atom. The van der Waals surface area contributed by atoms with Gasteiger partial charge in [0, 0.05) is 24.5 Å². The van der Waals surface area contributed by atoms with Gasteiger partial charge in [0.1, 0.15) is 5.82 Å². The van der Waals surface area contributed by atoms with E-state index in [0.29, 0.717) is 11.0 Å². The Balaban J connectivity index is 1.69. The maximum atomic E-state index is 13.5. The van der Waals surface area contributed by atoms with E-state index in [-0.39, 0.29) is 11.5 Å². The van der Waals surface area contributed by atoms with Crippen LogP contribution in [0.2, 0.25) is 0 Å². The van der Waals surface area contributed by atoms with Crippen LogP contribution in [0.15, 0.2) is 65.4 Å². The first-order chi connectivity index (χ1) is 11.1. The van der Waals surface area contributed by atoms with Gasteiger partial charge in [0.25, 0.3) is 5.91 Å². The molecule has 1 aromatic heterocycles. The van der Waals surface area contributed by atoms with Gasteiger partial charge in [0.2, 0.25) is 0 Å². The fraction of sp³-hybridized carbons (Fsp3) is 0.0588. The molecule has 0 bridgehead atoms. The smallest absolute Gasteiger partial charge is 0.251 e. The van der Waals surface area contributed by atoms with Gasteiger partial charge in [-0.2, -0.15) is 5.10 Å². The Morgan fingerprint density at radius 3 is 2.83 bits per heavy atom. The highest BCUT2D eigenvalue weighted by Gasteiger charge is 2.08. The van der Waals surface area contributed by atoms with Crippen LogP contribution in [0.5, 0.6) is 0 Å². The van der Waals surface area contributed by atoms with Gasteiger partial charge in [-0.05, 0) is 57.9 Å². The third-order valence-corrected chi connectivity index (χ3v) is 3.96. The molecule has 3 rings (SSSR count). The fourth-order valence-electron chi connectivity index (χ4n) is 2.15. The number of halogens is 2. The van der Waals surface area contributed by atoms with E-state index >= 15 is 0 Å². The lowest BCUT2D eigenvalue weighted by molar-refractivity contribution is 0.0950. The molecule has 0 fully saturated rings. The van der Waals surface area contributed by atoms with Crippen LogP contribution in [0.1, 0.15) is 15.9 Å². The second kappa shape index (κ2) is 6.75. The quantitative estimate of drug-likeness (QED) is 0.757. The average Bonchev–Trinajstić information content (AvgIpc) is 3.10. The summed E-state index contributed by atoms with van der Waals surface area (Å²) in [5.41, 5.74) is 2.13. The lowest BCUT2D eigenvalue weighted by atomic mass is 10.1. The van der Waals surface area contributed by atoms with Crippen molar-refractivity contribution in [1.29, 1.82) is 0 Å². The molecule has 1 heterocycles. The van der Waals surface area contributed by atoms with Gasteiger partial charge in [-0.3, -0.25) is 4.79 Å². The van der Waals surface area contributed by atoms with Crippen molar-refractivity contribution in [2.45, 2.75) is 6.54 Å². The predicted molar refractivity (Wildman–Crippen MR) is 88.8 cm³/mol. The Labute approximate surface area is 141 Å². The van der Waals surface area contributed by atoms with Crippen molar-refractivity contribution >= 4 is 21.8 Å². The molecule has 0 aliphatic heterocycles. The van der Waals surface area contributed by atoms with Crippen molar-refractivity contribution in [3.8, 4) is 5.69 Å². The highest BCUT2D eigenvalue weighted by molar-refractivity contribution is 9.10. The molecule has 2 aromatic carbocycles. The number of hydrogen-bond acceptors (Lipinski definition) is 2. The zero-order valence-corrected chi connectivity index (χ0v) is 13.6. The van der Waals surface area contributed by atoms with Gasteiger partial charge in [-0.15, -0.1) is 0 Å². The summed E-state index contributed by atoms with van der Waals surface area (Å²) in [6.07, 6.45) is 3.55. The first kappa shape index (κ1) is 15.4. The molecular formula is C17H13BrFN3O. The zero-order chi connectivity index (χ0) is 16.2. The van der Waals surface area contributed by atoms with E-state index in [1.807, 2.05) is 36.5 Å². The summed E-state index contributed by atoms with van der Waals surface area (Å²) in [4.78, 5) is 12.1. The molecule has 23 heavy (non-hydrogen) atoms. The molecule has 116 valence electrons. The molecule has 4 nitrogen and oxygen atoms in total. The van der Waals surface area contributed by atoms with Gasteiger partial charge in [0.15, 0.2) is 0 Å². The van der Waals surface area contributed by atoms with Gasteiger partial charge in [-0.25, -0.2) is 9.07 Å². The van der Waals surface area contributed by atoms with Crippen molar-refractivity contribution in [3.63, 3.8) is 0 Å². The van der Waals surface area contributed by atoms with Crippen molar-refractivity contribution < 1.29 is 9.18 Å². The number of amides is 1. The molecule has 0 unspecified atom stereocenters. The minimum Gasteiger partial charge on any atom is -0.348 e. The monoisotopic (exact) mass is 373 g/mol. The molecule has 0 atom stereocenters. The lowest BCUT2D eigenvalue weighted by Gasteiger charge is -2.08. The summed E-state index contributed by atoms with van der Waals surface area (Å²) >= 11 is 3.07. The molecule has 0 saturated carbocycles. The standard InChI is InChI=1S/C17H13BrFN3O/c18-15-6-5-13(10-16(15)19)17(23)20-11-12-3-1-4-14(9-12)22-8-2-7-21-22/h1-10H,11H2,(H,20,23). The maximum Gasteiger partial charge on any atom is 0.251 e. The summed E-state index contributed by atoms with van der Waals surface area (Å²) in [6, 6.07) is 13.8. The van der Waals surface area contributed by atoms with Crippen LogP contribution in [0.25, 0.3) is 5.69 Å². The number of benzene rings is 2. The Bertz CT molecular complexity index is 834. The van der Waals surface area contributed by atoms with E-state index in [0.717, 1.165) is 11.3 Å². The van der Waals surface area contributed by atoms with Crippen molar-refractivity contribution in [2.24, 2.45) is 0 Å². The van der Waals surface area contributed by atoms with Crippen molar-refractivity contribution in [1.82, 2.24) is 15.1 Å². The van der Waals surface area contributed by atoms with Crippen molar-refractivity contribution in [3.05, 3.63) is 82.3 Å². The number of hydrogen-bond donors (Lipinski definition) is 1. The lowest BCUT2D eigenvalue weighted by Crippen LogP contribution is -2.23. The Morgan fingerprint density at radius 1 is 1.22 bits per heavy atom. The van der Waals surface area contributed by atoms with Crippen LogP contribution in [-0.2, 0) is 6.54 Å². The molecule has 6 heteroatoms. The molecule has 0 radical (unpaired) electrons. The number of carbonyl (C=O) groups excluding carboxylic acids is 1. The zero-order valence-electron chi connectivity index (χ0n) is 12.0. The number of nitrogens with zero attached hydrogens (tertiary/aromatic N) is 2. The van der Waals surface area contributed by atoms with E-state index < -0.39 is 5.82 Å². The third kappa shape index (κ3) is 3.65. The SMILES string of the molecule is O=C(NCc1cccc(-n2cccn2)c1)c1ccc(Br)c(F)c1. The molecule has 0 aliphatic rings. The summed E-state index contributed by atoms with van der Waals surface area (Å²) in [7, 11) is 0. The van der Waals surface area contributed by atoms with Crippen LogP contribution < -0.4 is 5.32 Å². The van der Waals surface area contributed by atoms with E-state index in [1.54, 1.807) is 16.9 Å². The van der Waals surface area contributed by atoms with Gasteiger partial charge < -0.3 is 5.32 Å². The minimum absolute atomic E-state index is 0.286. The minimum atomic E-state index is -0.460. The second-order valence-electron chi connectivity index (χ2n) is 4.93. The number of carbonyl (C=O) groups is 1. The van der Waals surface area contributed by atoms with E-state index in [4.69, 9.17) is 0 Å². The van der Waals surface area contributed by atoms with Crippen LogP contribution in [-0.4, -0.2) is 15.7 Å². The van der Waals surface area contributed by atoms with E-state index in [2.05, 4.69) is 26.3 Å². The van der Waals surface area contributed by atoms with E-state index in [9.17, 15) is 9.18 Å². The normalized spacial score (nSPS) is 10.5. The molecule has 1 N–H and O–H groups in total. The first-order valence-electron chi connectivity index (χ1n) is 6.96. The molecule has 3 aromatic rings. The van der Waals surface area contributed by atoms with Crippen LogP contribution >= 0.6 is 15.9 Å². The third-order valence-electron chi connectivity index (χ3n) is 3.31. The first-order valence-corrected chi connectivity index (χ1v) is 7.75. The Hall–Kier alpha value is -2.47. The molecular weight excluding hydrogens is 361 g/mol. The summed E-state index contributed by atoms with van der Waals surface area (Å²) in [5.74, 6) is -0.778. The largest absolute Gasteiger partial charge is 0.348 e. The number of aromatic nitrogens is 2. The Kier molecular flexibility index (Phi) is 4.52. The van der Waals surface area contributed by atoms with E-state index in [1.165, 1.54) is 12.1 Å². The molecule has 0 spiro atoms. The van der Waals surface area contributed by atoms with Gasteiger partial charge >= 0.3 is 0 Å². The average molecular weight is 374 g/mol. The second-order valence-corrected chi connectivity index (χ2v) is 5.79. The number of nitrogens with one attached hydrogen (secondary N) is 1.